The number of hydrogen-bond donors (Lipinski definition) is 1. The molecule has 0 aliphatic carbocycles. The van der Waals surface area contributed by atoms with E-state index in [4.69, 9.17) is 10.5 Å². The van der Waals surface area contributed by atoms with Crippen LogP contribution in [0, 0.1) is 11.3 Å². The summed E-state index contributed by atoms with van der Waals surface area (Å²) in [6.07, 6.45) is 6.84. The molecule has 2 saturated heterocycles. The molecule has 6 rings (SSSR count). The number of nitriles is 1. The van der Waals surface area contributed by atoms with Crippen molar-refractivity contribution >= 4 is 22.9 Å². The zero-order valence-electron chi connectivity index (χ0n) is 25.0. The lowest BCUT2D eigenvalue weighted by Crippen LogP contribution is -2.43. The van der Waals surface area contributed by atoms with Gasteiger partial charge in [-0.15, -0.1) is 0 Å². The number of nitrogens with zero attached hydrogens (tertiary/aromatic N) is 7. The Kier molecular flexibility index (Phi) is 7.93. The summed E-state index contributed by atoms with van der Waals surface area (Å²) in [5.41, 5.74) is 7.05. The van der Waals surface area contributed by atoms with Crippen molar-refractivity contribution in [1.29, 1.82) is 5.26 Å². The number of carbonyl (C=O) groups is 1. The van der Waals surface area contributed by atoms with Gasteiger partial charge in [-0.3, -0.25) is 18.8 Å². The summed E-state index contributed by atoms with van der Waals surface area (Å²) in [4.78, 5) is 40.3. The molecule has 0 bridgehead atoms. The van der Waals surface area contributed by atoms with E-state index in [-0.39, 0.29) is 35.6 Å². The van der Waals surface area contributed by atoms with E-state index in [0.717, 1.165) is 32.4 Å². The number of ether oxygens (including phenoxy) is 1. The van der Waals surface area contributed by atoms with Crippen molar-refractivity contribution in [2.24, 2.45) is 0 Å². The Morgan fingerprint density at radius 3 is 2.45 bits per heavy atom. The molecular weight excluding hydrogens is 556 g/mol. The lowest BCUT2D eigenvalue weighted by Gasteiger charge is -2.33. The number of likely N-dealkylation sites (tertiary alicyclic amines) is 2. The van der Waals surface area contributed by atoms with E-state index in [0.29, 0.717) is 41.3 Å². The summed E-state index contributed by atoms with van der Waals surface area (Å²) in [5, 5.41) is 10.0. The summed E-state index contributed by atoms with van der Waals surface area (Å²) < 4.78 is 8.97. The molecule has 1 amide bonds. The van der Waals surface area contributed by atoms with Crippen LogP contribution in [0.3, 0.4) is 0 Å². The molecule has 0 saturated carbocycles. The monoisotopic (exact) mass is 592 g/mol. The molecule has 2 fully saturated rings. The molecular formula is C33H36N8O3. The van der Waals surface area contributed by atoms with Crippen molar-refractivity contribution in [2.45, 2.75) is 57.7 Å². The fraction of sp³-hybridized carbons (Fsp3) is 0.364. The molecule has 11 heteroatoms. The van der Waals surface area contributed by atoms with Crippen LogP contribution >= 0.6 is 0 Å². The number of para-hydroxylation sites is 1. The first-order chi connectivity index (χ1) is 21.3. The van der Waals surface area contributed by atoms with Crippen molar-refractivity contribution in [2.75, 3.05) is 25.4 Å². The number of nitrogen functional groups attached to an aromatic ring is 1. The second-order valence-corrected chi connectivity index (χ2v) is 11.9. The molecule has 2 aliphatic rings. The van der Waals surface area contributed by atoms with Crippen molar-refractivity contribution in [1.82, 2.24) is 28.9 Å². The van der Waals surface area contributed by atoms with Gasteiger partial charge in [0.05, 0.1) is 11.7 Å². The Bertz CT molecular complexity index is 1800. The topological polar surface area (TPSA) is 135 Å². The smallest absolute Gasteiger partial charge is 0.335 e. The third-order valence-corrected chi connectivity index (χ3v) is 8.61. The maximum absolute atomic E-state index is 14.0. The normalized spacial score (nSPS) is 17.7. The Morgan fingerprint density at radius 1 is 1.05 bits per heavy atom. The van der Waals surface area contributed by atoms with E-state index in [2.05, 4.69) is 20.9 Å². The van der Waals surface area contributed by atoms with Crippen molar-refractivity contribution in [3.05, 3.63) is 83.1 Å². The maximum atomic E-state index is 14.0. The van der Waals surface area contributed by atoms with Crippen LogP contribution < -0.4 is 16.2 Å². The molecule has 2 aromatic carbocycles. The molecule has 2 aliphatic heterocycles. The summed E-state index contributed by atoms with van der Waals surface area (Å²) in [6, 6.07) is 18.5. The molecule has 226 valence electrons. The third-order valence-electron chi connectivity index (χ3n) is 8.61. The van der Waals surface area contributed by atoms with E-state index in [1.165, 1.54) is 10.9 Å². The fourth-order valence-corrected chi connectivity index (χ4v) is 6.33. The number of benzene rings is 2. The number of amides is 1. The van der Waals surface area contributed by atoms with E-state index in [1.54, 1.807) is 39.8 Å². The zero-order valence-corrected chi connectivity index (χ0v) is 25.0. The van der Waals surface area contributed by atoms with Gasteiger partial charge in [-0.1, -0.05) is 18.2 Å². The molecule has 11 nitrogen and oxygen atoms in total. The highest BCUT2D eigenvalue weighted by Gasteiger charge is 2.35. The molecule has 2 N–H and O–H groups in total. The number of nitrogens with two attached hydrogens (primary N) is 1. The first kappa shape index (κ1) is 29.1. The van der Waals surface area contributed by atoms with E-state index in [9.17, 15) is 14.9 Å². The molecule has 0 spiro atoms. The summed E-state index contributed by atoms with van der Waals surface area (Å²) in [6.45, 7) is 6.72. The van der Waals surface area contributed by atoms with Crippen LogP contribution in [-0.2, 0) is 11.3 Å². The van der Waals surface area contributed by atoms with Crippen LogP contribution in [0.1, 0.15) is 39.5 Å². The number of carbonyl (C=O) groups excluding carboxylic acids is 1. The average molecular weight is 593 g/mol. The van der Waals surface area contributed by atoms with E-state index < -0.39 is 5.54 Å². The van der Waals surface area contributed by atoms with Crippen molar-refractivity contribution in [3.63, 3.8) is 0 Å². The molecule has 1 atom stereocenters. The van der Waals surface area contributed by atoms with Crippen LogP contribution in [0.15, 0.2) is 77.4 Å². The van der Waals surface area contributed by atoms with Gasteiger partial charge in [-0.25, -0.2) is 14.8 Å². The quantitative estimate of drug-likeness (QED) is 0.237. The Morgan fingerprint density at radius 2 is 1.75 bits per heavy atom. The SMILES string of the molecule is CC(C)(C=C(C#N)C(=O)N1CCCC1Cn1c(=O)n(-c2ccc(Oc3ccccc3)cc2)c2c(N)ncnc21)N1CCCC1. The molecule has 44 heavy (non-hydrogen) atoms. The minimum absolute atomic E-state index is 0.132. The minimum atomic E-state index is -0.410. The molecule has 4 aromatic rings. The minimum Gasteiger partial charge on any atom is -0.457 e. The first-order valence-electron chi connectivity index (χ1n) is 15.0. The van der Waals surface area contributed by atoms with Gasteiger partial charge in [0.15, 0.2) is 11.5 Å². The van der Waals surface area contributed by atoms with Gasteiger partial charge in [0.2, 0.25) is 0 Å². The molecule has 1 unspecified atom stereocenters. The summed E-state index contributed by atoms with van der Waals surface area (Å²) in [5.74, 6) is 1.20. The van der Waals surface area contributed by atoms with Gasteiger partial charge in [-0.05, 0) is 95.1 Å². The lowest BCUT2D eigenvalue weighted by atomic mass is 9.98. The van der Waals surface area contributed by atoms with Crippen LogP contribution in [0.5, 0.6) is 11.5 Å². The lowest BCUT2D eigenvalue weighted by molar-refractivity contribution is -0.127. The molecule has 2 aromatic heterocycles. The Balaban J connectivity index is 1.30. The third kappa shape index (κ3) is 5.56. The second kappa shape index (κ2) is 12.0. The van der Waals surface area contributed by atoms with Crippen LogP contribution in [0.2, 0.25) is 0 Å². The van der Waals surface area contributed by atoms with Crippen molar-refractivity contribution in [3.8, 4) is 23.3 Å². The van der Waals surface area contributed by atoms with Gasteiger partial charge >= 0.3 is 5.69 Å². The molecule has 0 radical (unpaired) electrons. The van der Waals surface area contributed by atoms with Gasteiger partial charge in [0.25, 0.3) is 5.91 Å². The highest BCUT2D eigenvalue weighted by Crippen LogP contribution is 2.28. The second-order valence-electron chi connectivity index (χ2n) is 11.9. The molecule has 4 heterocycles. The standard InChI is InChI=1S/C33H36N8O3/c1-33(2,38-16-6-7-17-38)19-23(20-34)31(42)39-18-8-9-25(39)21-40-30-28(29(35)36-22-37-30)41(32(40)43)24-12-14-27(15-13-24)44-26-10-4-3-5-11-26/h3-5,10-15,19,22,25H,6-9,16-18,21H2,1-2H3,(H2,35,36,37). The number of aromatic nitrogens is 4. The van der Waals surface area contributed by atoms with Crippen molar-refractivity contribution < 1.29 is 9.53 Å². The highest BCUT2D eigenvalue weighted by atomic mass is 16.5. The first-order valence-corrected chi connectivity index (χ1v) is 15.0. The Labute approximate surface area is 255 Å². The average Bonchev–Trinajstić information content (AvgIpc) is 3.79. The van der Waals surface area contributed by atoms with Crippen LogP contribution in [0.25, 0.3) is 16.9 Å². The fourth-order valence-electron chi connectivity index (χ4n) is 6.33. The summed E-state index contributed by atoms with van der Waals surface area (Å²) in [7, 11) is 0. The number of rotatable bonds is 8. The number of imidazole rings is 1. The predicted octanol–water partition coefficient (Wildman–Crippen LogP) is 4.27. The number of anilines is 1. The van der Waals surface area contributed by atoms with Gasteiger partial charge in [0, 0.05) is 18.6 Å². The van der Waals surface area contributed by atoms with E-state index >= 15 is 0 Å². The van der Waals surface area contributed by atoms with Crippen LogP contribution in [-0.4, -0.2) is 66.0 Å². The largest absolute Gasteiger partial charge is 0.457 e. The maximum Gasteiger partial charge on any atom is 0.335 e. The summed E-state index contributed by atoms with van der Waals surface area (Å²) >= 11 is 0. The zero-order chi connectivity index (χ0) is 30.8. The number of fused-ring (bicyclic) bond motifs is 1. The van der Waals surface area contributed by atoms with Gasteiger partial charge < -0.3 is 15.4 Å². The number of hydrogen-bond acceptors (Lipinski definition) is 8. The Hall–Kier alpha value is -4.95. The van der Waals surface area contributed by atoms with Gasteiger partial charge in [-0.2, -0.15) is 5.26 Å². The van der Waals surface area contributed by atoms with Crippen LogP contribution in [0.4, 0.5) is 5.82 Å². The predicted molar refractivity (Wildman–Crippen MR) is 167 cm³/mol. The highest BCUT2D eigenvalue weighted by molar-refractivity contribution is 5.97. The van der Waals surface area contributed by atoms with Gasteiger partial charge in [0.1, 0.15) is 35.0 Å². The van der Waals surface area contributed by atoms with E-state index in [1.807, 2.05) is 44.2 Å².